The van der Waals surface area contributed by atoms with Crippen LogP contribution >= 0.6 is 0 Å². The maximum atomic E-state index is 5.96. The highest BCUT2D eigenvalue weighted by molar-refractivity contribution is 6.73. The van der Waals surface area contributed by atoms with Gasteiger partial charge in [-0.2, -0.15) is 0 Å². The highest BCUT2D eigenvalue weighted by Crippen LogP contribution is 2.23. The third kappa shape index (κ3) is 3.87. The van der Waals surface area contributed by atoms with Gasteiger partial charge >= 0.3 is 0 Å². The van der Waals surface area contributed by atoms with Crippen molar-refractivity contribution in [1.82, 2.24) is 0 Å². The highest BCUT2D eigenvalue weighted by Gasteiger charge is 2.37. The lowest BCUT2D eigenvalue weighted by atomic mass is 10.5. The van der Waals surface area contributed by atoms with E-state index < -0.39 is 8.32 Å². The minimum atomic E-state index is -1.67. The van der Waals surface area contributed by atoms with Gasteiger partial charge in [0.1, 0.15) is 6.10 Å². The van der Waals surface area contributed by atoms with Crippen molar-refractivity contribution >= 4 is 8.32 Å². The lowest BCUT2D eigenvalue weighted by Gasteiger charge is -2.33. The van der Waals surface area contributed by atoms with E-state index in [2.05, 4.69) is 27.3 Å². The van der Waals surface area contributed by atoms with E-state index in [1.54, 1.807) is 0 Å². The fraction of sp³-hybridized carbons (Fsp3) is 1.00. The van der Waals surface area contributed by atoms with Gasteiger partial charge in [0.05, 0.1) is 18.9 Å². The largest absolute Gasteiger partial charge is 0.415 e. The lowest BCUT2D eigenvalue weighted by Crippen LogP contribution is -2.48. The monoisotopic (exact) mass is 232 g/mol. The third-order valence-corrected chi connectivity index (χ3v) is 7.40. The molecule has 15 heavy (non-hydrogen) atoms. The second kappa shape index (κ2) is 5.99. The highest BCUT2D eigenvalue weighted by atomic mass is 28.4. The first kappa shape index (κ1) is 13.2. The molecule has 0 aromatic heterocycles. The molecule has 0 saturated carbocycles. The Kier molecular flexibility index (Phi) is 5.25. The molecule has 0 aliphatic carbocycles. The van der Waals surface area contributed by atoms with Gasteiger partial charge in [0.25, 0.3) is 0 Å². The minimum Gasteiger partial charge on any atom is -0.415 e. The van der Waals surface area contributed by atoms with Crippen LogP contribution in [-0.4, -0.2) is 40.0 Å². The molecule has 3 nitrogen and oxygen atoms in total. The van der Waals surface area contributed by atoms with Crippen molar-refractivity contribution in [3.05, 3.63) is 0 Å². The van der Waals surface area contributed by atoms with E-state index in [0.717, 1.165) is 32.3 Å². The van der Waals surface area contributed by atoms with E-state index in [9.17, 15) is 0 Å². The summed E-state index contributed by atoms with van der Waals surface area (Å²) in [7, 11) is -1.67. The van der Waals surface area contributed by atoms with Crippen LogP contribution in [0.3, 0.4) is 0 Å². The molecule has 1 rings (SSSR count). The Hall–Kier alpha value is 0.0969. The maximum Gasteiger partial charge on any atom is 0.217 e. The molecule has 3 atom stereocenters. The van der Waals surface area contributed by atoms with Crippen molar-refractivity contribution in [3.63, 3.8) is 0 Å². The van der Waals surface area contributed by atoms with Crippen LogP contribution in [0, 0.1) is 0 Å². The van der Waals surface area contributed by atoms with Crippen LogP contribution in [0.2, 0.25) is 12.6 Å². The molecule has 0 aromatic carbocycles. The van der Waals surface area contributed by atoms with Crippen molar-refractivity contribution in [1.29, 1.82) is 0 Å². The first-order chi connectivity index (χ1) is 7.16. The van der Waals surface area contributed by atoms with E-state index >= 15 is 0 Å². The van der Waals surface area contributed by atoms with Crippen molar-refractivity contribution in [2.24, 2.45) is 0 Å². The normalized spacial score (nSPS) is 26.0. The van der Waals surface area contributed by atoms with Gasteiger partial charge in [-0.05, 0) is 25.9 Å². The zero-order valence-electron chi connectivity index (χ0n) is 10.4. The summed E-state index contributed by atoms with van der Waals surface area (Å²) in [6, 6.07) is 1.12. The van der Waals surface area contributed by atoms with Crippen LogP contribution in [0.5, 0.6) is 0 Å². The smallest absolute Gasteiger partial charge is 0.217 e. The molecular weight excluding hydrogens is 208 g/mol. The Morgan fingerprint density at radius 1 is 1.40 bits per heavy atom. The SMILES string of the molecule is CCO[Si](C)(CC)C(CC)OCC1CO1. The summed E-state index contributed by atoms with van der Waals surface area (Å²) in [5.74, 6) is 0. The molecule has 3 unspecified atom stereocenters. The molecule has 0 bridgehead atoms. The van der Waals surface area contributed by atoms with Crippen LogP contribution in [0.1, 0.15) is 27.2 Å². The predicted octanol–water partition coefficient (Wildman–Crippen LogP) is 2.35. The zero-order valence-corrected chi connectivity index (χ0v) is 11.4. The van der Waals surface area contributed by atoms with Gasteiger partial charge in [0.15, 0.2) is 0 Å². The fourth-order valence-electron chi connectivity index (χ4n) is 1.87. The van der Waals surface area contributed by atoms with Crippen molar-refractivity contribution < 1.29 is 13.9 Å². The van der Waals surface area contributed by atoms with Crippen LogP contribution < -0.4 is 0 Å². The summed E-state index contributed by atoms with van der Waals surface area (Å²) in [6.45, 7) is 11.1. The Bertz CT molecular complexity index is 185. The van der Waals surface area contributed by atoms with Crippen LogP contribution in [0.4, 0.5) is 0 Å². The Morgan fingerprint density at radius 3 is 2.47 bits per heavy atom. The number of hydrogen-bond donors (Lipinski definition) is 0. The Labute approximate surface area is 94.2 Å². The molecule has 1 aliphatic heterocycles. The van der Waals surface area contributed by atoms with Gasteiger partial charge in [-0.25, -0.2) is 0 Å². The van der Waals surface area contributed by atoms with Crippen LogP contribution in [-0.2, 0) is 13.9 Å². The van der Waals surface area contributed by atoms with Gasteiger partial charge in [-0.15, -0.1) is 0 Å². The van der Waals surface area contributed by atoms with Crippen LogP contribution in [0.25, 0.3) is 0 Å². The molecule has 1 heterocycles. The molecular formula is C11H24O3Si. The number of rotatable bonds is 8. The van der Waals surface area contributed by atoms with Crippen molar-refractivity contribution in [3.8, 4) is 0 Å². The van der Waals surface area contributed by atoms with Gasteiger partial charge in [0, 0.05) is 6.61 Å². The third-order valence-electron chi connectivity index (χ3n) is 3.11. The second-order valence-corrected chi connectivity index (χ2v) is 8.55. The summed E-state index contributed by atoms with van der Waals surface area (Å²) < 4.78 is 17.1. The molecule has 0 radical (unpaired) electrons. The number of ether oxygens (including phenoxy) is 2. The van der Waals surface area contributed by atoms with Gasteiger partial charge in [-0.3, -0.25) is 0 Å². The minimum absolute atomic E-state index is 0.312. The average Bonchev–Trinajstić information content (AvgIpc) is 3.03. The first-order valence-electron chi connectivity index (χ1n) is 6.03. The average molecular weight is 232 g/mol. The second-order valence-electron chi connectivity index (χ2n) is 4.28. The predicted molar refractivity (Wildman–Crippen MR) is 63.5 cm³/mol. The number of hydrogen-bond acceptors (Lipinski definition) is 3. The molecule has 1 saturated heterocycles. The molecule has 90 valence electrons. The van der Waals surface area contributed by atoms with Gasteiger partial charge in [-0.1, -0.05) is 13.8 Å². The molecule has 4 heteroatoms. The first-order valence-corrected chi connectivity index (χ1v) is 8.72. The summed E-state index contributed by atoms with van der Waals surface area (Å²) in [5, 5.41) is 0. The quantitative estimate of drug-likeness (QED) is 0.475. The van der Waals surface area contributed by atoms with Crippen LogP contribution in [0.15, 0.2) is 0 Å². The van der Waals surface area contributed by atoms with Gasteiger partial charge < -0.3 is 13.9 Å². The molecule has 0 spiro atoms. The number of epoxide rings is 1. The van der Waals surface area contributed by atoms with E-state index in [1.165, 1.54) is 0 Å². The Morgan fingerprint density at radius 2 is 2.07 bits per heavy atom. The summed E-state index contributed by atoms with van der Waals surface area (Å²) in [5.41, 5.74) is 0.312. The van der Waals surface area contributed by atoms with Crippen molar-refractivity contribution in [2.75, 3.05) is 19.8 Å². The molecule has 1 aliphatic rings. The maximum absolute atomic E-state index is 5.96. The van der Waals surface area contributed by atoms with E-state index in [-0.39, 0.29) is 0 Å². The fourth-order valence-corrected chi connectivity index (χ4v) is 4.68. The summed E-state index contributed by atoms with van der Waals surface area (Å²) in [6.07, 6.45) is 1.40. The summed E-state index contributed by atoms with van der Waals surface area (Å²) in [4.78, 5) is 0. The van der Waals surface area contributed by atoms with E-state index in [4.69, 9.17) is 13.9 Å². The van der Waals surface area contributed by atoms with Crippen molar-refractivity contribution in [2.45, 2.75) is 51.6 Å². The molecule has 0 aromatic rings. The molecule has 1 fully saturated rings. The standard InChI is InChI=1S/C11H24O3Si/c1-5-11(13-9-10-8-12-10)15(4,7-3)14-6-2/h10-11H,5-9H2,1-4H3. The Balaban J connectivity index is 2.43. The molecule has 0 amide bonds. The lowest BCUT2D eigenvalue weighted by molar-refractivity contribution is 0.0674. The van der Waals surface area contributed by atoms with E-state index in [1.807, 2.05) is 0 Å². The molecule has 0 N–H and O–H groups in total. The topological polar surface area (TPSA) is 31.0 Å². The van der Waals surface area contributed by atoms with E-state index in [0.29, 0.717) is 11.8 Å². The zero-order chi connectivity index (χ0) is 11.3. The van der Waals surface area contributed by atoms with Gasteiger partial charge in [0.2, 0.25) is 8.32 Å². The summed E-state index contributed by atoms with van der Waals surface area (Å²) >= 11 is 0.